The van der Waals surface area contributed by atoms with Gasteiger partial charge in [0.15, 0.2) is 0 Å². The predicted molar refractivity (Wildman–Crippen MR) is 76.5 cm³/mol. The number of primary amides is 1. The highest BCUT2D eigenvalue weighted by Gasteiger charge is 2.21. The van der Waals surface area contributed by atoms with E-state index in [1.165, 1.54) is 18.2 Å². The number of aliphatic carboxylic acids is 1. The van der Waals surface area contributed by atoms with Gasteiger partial charge in [-0.2, -0.15) is 0 Å². The first-order chi connectivity index (χ1) is 9.31. The van der Waals surface area contributed by atoms with Crippen molar-refractivity contribution >= 4 is 45.3 Å². The van der Waals surface area contributed by atoms with E-state index in [0.29, 0.717) is 9.50 Å². The fraction of sp³-hybridized carbons (Fsp3) is 0.250. The molecule has 20 heavy (non-hydrogen) atoms. The van der Waals surface area contributed by atoms with Crippen molar-refractivity contribution in [2.24, 2.45) is 5.73 Å². The van der Waals surface area contributed by atoms with Crippen LogP contribution in [0.1, 0.15) is 23.2 Å². The molecule has 0 heterocycles. The second-order valence-electron chi connectivity index (χ2n) is 4.00. The highest BCUT2D eigenvalue weighted by Crippen LogP contribution is 2.23. The maximum absolute atomic E-state index is 11.9. The zero-order valence-corrected chi connectivity index (χ0v) is 12.6. The maximum Gasteiger partial charge on any atom is 0.326 e. The van der Waals surface area contributed by atoms with Gasteiger partial charge in [-0.15, -0.1) is 0 Å². The Morgan fingerprint density at radius 2 is 2.05 bits per heavy atom. The Kier molecular flexibility index (Phi) is 5.97. The van der Waals surface area contributed by atoms with E-state index in [1.807, 2.05) is 0 Å². The third kappa shape index (κ3) is 4.82. The molecule has 0 saturated heterocycles. The predicted octanol–water partition coefficient (Wildman–Crippen LogP) is 1.55. The number of carbonyl (C=O) groups is 3. The Bertz CT molecular complexity index is 550. The van der Waals surface area contributed by atoms with E-state index in [4.69, 9.17) is 22.4 Å². The number of hydrogen-bond acceptors (Lipinski definition) is 3. The monoisotopic (exact) mass is 362 g/mol. The fourth-order valence-corrected chi connectivity index (χ4v) is 1.92. The number of nitrogens with one attached hydrogen (secondary N) is 1. The molecule has 1 aromatic carbocycles. The van der Waals surface area contributed by atoms with Crippen molar-refractivity contribution in [2.45, 2.75) is 18.9 Å². The summed E-state index contributed by atoms with van der Waals surface area (Å²) in [4.78, 5) is 33.6. The number of hydrogen-bond donors (Lipinski definition) is 3. The van der Waals surface area contributed by atoms with Crippen LogP contribution in [0.4, 0.5) is 0 Å². The molecule has 108 valence electrons. The average molecular weight is 364 g/mol. The standard InChI is InChI=1S/C12H12BrClN2O4/c13-7-5-6(1-2-8(7)14)11(18)16-9(12(19)20)3-4-10(15)17/h1-2,5,9H,3-4H2,(H2,15,17)(H,16,18)(H,19,20)/t9-/m0/s1. The van der Waals surface area contributed by atoms with Crippen LogP contribution in [0.2, 0.25) is 5.02 Å². The quantitative estimate of drug-likeness (QED) is 0.712. The van der Waals surface area contributed by atoms with Crippen molar-refractivity contribution in [1.29, 1.82) is 0 Å². The van der Waals surface area contributed by atoms with Gasteiger partial charge in [0, 0.05) is 16.5 Å². The molecule has 0 unspecified atom stereocenters. The Morgan fingerprint density at radius 3 is 2.55 bits per heavy atom. The lowest BCUT2D eigenvalue weighted by molar-refractivity contribution is -0.139. The van der Waals surface area contributed by atoms with Crippen molar-refractivity contribution in [3.8, 4) is 0 Å². The van der Waals surface area contributed by atoms with Gasteiger partial charge in [-0.25, -0.2) is 4.79 Å². The summed E-state index contributed by atoms with van der Waals surface area (Å²) in [6, 6.07) is 3.28. The maximum atomic E-state index is 11.9. The summed E-state index contributed by atoms with van der Waals surface area (Å²) in [5.74, 6) is -2.42. The molecule has 0 bridgehead atoms. The van der Waals surface area contributed by atoms with E-state index >= 15 is 0 Å². The molecule has 1 atom stereocenters. The van der Waals surface area contributed by atoms with Crippen LogP contribution in [0.25, 0.3) is 0 Å². The minimum absolute atomic E-state index is 0.0643. The summed E-state index contributed by atoms with van der Waals surface area (Å²) >= 11 is 8.97. The number of halogens is 2. The second-order valence-corrected chi connectivity index (χ2v) is 5.26. The zero-order chi connectivity index (χ0) is 15.3. The van der Waals surface area contributed by atoms with Crippen molar-refractivity contribution in [1.82, 2.24) is 5.32 Å². The van der Waals surface area contributed by atoms with Crippen LogP contribution in [0.15, 0.2) is 22.7 Å². The molecule has 1 rings (SSSR count). The number of rotatable bonds is 6. The van der Waals surface area contributed by atoms with Crippen LogP contribution in [0.5, 0.6) is 0 Å². The number of amides is 2. The lowest BCUT2D eigenvalue weighted by Crippen LogP contribution is -2.41. The van der Waals surface area contributed by atoms with Gasteiger partial charge in [-0.05, 0) is 40.5 Å². The largest absolute Gasteiger partial charge is 0.480 e. The molecule has 8 heteroatoms. The van der Waals surface area contributed by atoms with Crippen LogP contribution in [-0.4, -0.2) is 28.9 Å². The molecule has 4 N–H and O–H groups in total. The van der Waals surface area contributed by atoms with Crippen molar-refractivity contribution in [3.63, 3.8) is 0 Å². The van der Waals surface area contributed by atoms with Crippen LogP contribution in [0, 0.1) is 0 Å². The lowest BCUT2D eigenvalue weighted by atomic mass is 10.1. The first-order valence-electron chi connectivity index (χ1n) is 5.58. The molecule has 6 nitrogen and oxygen atoms in total. The summed E-state index contributed by atoms with van der Waals surface area (Å²) in [6.45, 7) is 0. The van der Waals surface area contributed by atoms with E-state index in [1.54, 1.807) is 0 Å². The molecule has 0 spiro atoms. The smallest absolute Gasteiger partial charge is 0.326 e. The molecule has 1 aromatic rings. The van der Waals surface area contributed by atoms with Gasteiger partial charge in [0.25, 0.3) is 5.91 Å². The van der Waals surface area contributed by atoms with E-state index in [-0.39, 0.29) is 18.4 Å². The Balaban J connectivity index is 2.77. The van der Waals surface area contributed by atoms with E-state index in [9.17, 15) is 14.4 Å². The second kappa shape index (κ2) is 7.25. The van der Waals surface area contributed by atoms with Gasteiger partial charge < -0.3 is 16.2 Å². The molecule has 0 aliphatic heterocycles. The first-order valence-corrected chi connectivity index (χ1v) is 6.75. The molecular weight excluding hydrogens is 351 g/mol. The fourth-order valence-electron chi connectivity index (χ4n) is 1.42. The molecule has 0 radical (unpaired) electrons. The van der Waals surface area contributed by atoms with Gasteiger partial charge >= 0.3 is 5.97 Å². The minimum atomic E-state index is -1.23. The van der Waals surface area contributed by atoms with Crippen molar-refractivity contribution < 1.29 is 19.5 Å². The van der Waals surface area contributed by atoms with Crippen LogP contribution in [-0.2, 0) is 9.59 Å². The average Bonchev–Trinajstić information content (AvgIpc) is 2.36. The minimum Gasteiger partial charge on any atom is -0.480 e. The van der Waals surface area contributed by atoms with E-state index < -0.39 is 23.8 Å². The summed E-state index contributed by atoms with van der Waals surface area (Å²) < 4.78 is 0.524. The highest BCUT2D eigenvalue weighted by atomic mass is 79.9. The Hall–Kier alpha value is -1.60. The number of carboxylic acids is 1. The van der Waals surface area contributed by atoms with Crippen molar-refractivity contribution in [2.75, 3.05) is 0 Å². The molecule has 0 saturated carbocycles. The molecule has 0 aromatic heterocycles. The number of benzene rings is 1. The van der Waals surface area contributed by atoms with Crippen LogP contribution in [0.3, 0.4) is 0 Å². The van der Waals surface area contributed by atoms with Gasteiger partial charge in [0.05, 0.1) is 5.02 Å². The number of carbonyl (C=O) groups excluding carboxylic acids is 2. The Morgan fingerprint density at radius 1 is 1.40 bits per heavy atom. The van der Waals surface area contributed by atoms with Gasteiger partial charge in [0.2, 0.25) is 5.91 Å². The summed E-state index contributed by atoms with van der Waals surface area (Å²) in [6.07, 6.45) is -0.188. The first kappa shape index (κ1) is 16.5. The third-order valence-corrected chi connectivity index (χ3v) is 3.68. The zero-order valence-electron chi connectivity index (χ0n) is 10.2. The van der Waals surface area contributed by atoms with E-state index in [0.717, 1.165) is 0 Å². The molecule has 0 aliphatic carbocycles. The van der Waals surface area contributed by atoms with E-state index in [2.05, 4.69) is 21.2 Å². The normalized spacial score (nSPS) is 11.7. The SMILES string of the molecule is NC(=O)CC[C@H](NC(=O)c1ccc(Cl)c(Br)c1)C(=O)O. The van der Waals surface area contributed by atoms with Gasteiger partial charge in [0.1, 0.15) is 6.04 Å². The Labute approximate surface area is 128 Å². The molecule has 2 amide bonds. The number of carboxylic acid groups (broad SMARTS) is 1. The molecule has 0 aliphatic rings. The number of nitrogens with two attached hydrogens (primary N) is 1. The highest BCUT2D eigenvalue weighted by molar-refractivity contribution is 9.10. The summed E-state index contributed by atoms with van der Waals surface area (Å²) in [5.41, 5.74) is 5.21. The lowest BCUT2D eigenvalue weighted by Gasteiger charge is -2.14. The molecular formula is C12H12BrClN2O4. The topological polar surface area (TPSA) is 109 Å². The van der Waals surface area contributed by atoms with Crippen LogP contribution < -0.4 is 11.1 Å². The van der Waals surface area contributed by atoms with Gasteiger partial charge in [-0.3, -0.25) is 9.59 Å². The molecule has 0 fully saturated rings. The summed E-state index contributed by atoms with van der Waals surface area (Å²) in [5, 5.41) is 11.7. The van der Waals surface area contributed by atoms with Crippen LogP contribution >= 0.6 is 27.5 Å². The van der Waals surface area contributed by atoms with Crippen molar-refractivity contribution in [3.05, 3.63) is 33.3 Å². The summed E-state index contributed by atoms with van der Waals surface area (Å²) in [7, 11) is 0. The third-order valence-electron chi connectivity index (χ3n) is 2.46. The van der Waals surface area contributed by atoms with Gasteiger partial charge in [-0.1, -0.05) is 11.6 Å².